The molecule has 0 bridgehead atoms. The molecule has 2 rings (SSSR count). The monoisotopic (exact) mass is 587 g/mol. The van der Waals surface area contributed by atoms with Crippen molar-refractivity contribution in [1.82, 2.24) is 16.0 Å². The van der Waals surface area contributed by atoms with Crippen molar-refractivity contribution >= 4 is 46.3 Å². The number of carbonyl (C=O) groups excluding carboxylic acids is 4. The largest absolute Gasteiger partial charge is 0.490 e. The van der Waals surface area contributed by atoms with Gasteiger partial charge >= 0.3 is 17.8 Å². The predicted octanol–water partition coefficient (Wildman–Crippen LogP) is 0.928. The maximum atomic E-state index is 13.0. The van der Waals surface area contributed by atoms with Gasteiger partial charge in [0.1, 0.15) is 17.7 Å². The van der Waals surface area contributed by atoms with Crippen LogP contribution in [0.2, 0.25) is 0 Å². The Bertz CT molecular complexity index is 1310. The molecule has 4 amide bonds. The highest BCUT2D eigenvalue weighted by Gasteiger charge is 2.38. The first-order chi connectivity index (χ1) is 19.0. The fourth-order valence-electron chi connectivity index (χ4n) is 3.25. The highest BCUT2D eigenvalue weighted by Crippen LogP contribution is 2.21. The van der Waals surface area contributed by atoms with E-state index in [2.05, 4.69) is 21.3 Å². The number of nitrogens with one attached hydrogen (secondary N) is 4. The number of fused-ring (bicyclic) bond motifs is 1. The highest BCUT2D eigenvalue weighted by atomic mass is 19.4. The van der Waals surface area contributed by atoms with Gasteiger partial charge in [-0.3, -0.25) is 19.2 Å². The molecule has 2 unspecified atom stereocenters. The van der Waals surface area contributed by atoms with E-state index in [-0.39, 0.29) is 12.5 Å². The van der Waals surface area contributed by atoms with Gasteiger partial charge in [-0.1, -0.05) is 0 Å². The number of amides is 4. The lowest BCUT2D eigenvalue weighted by Gasteiger charge is -2.21. The van der Waals surface area contributed by atoms with Crippen LogP contribution in [0, 0.1) is 6.92 Å². The van der Waals surface area contributed by atoms with Crippen LogP contribution in [-0.2, 0) is 24.0 Å². The molecule has 0 aliphatic carbocycles. The number of nitrogens with two attached hydrogens (primary N) is 1. The number of carboxylic acid groups (broad SMARTS) is 1. The summed E-state index contributed by atoms with van der Waals surface area (Å²) < 4.78 is 37.0. The van der Waals surface area contributed by atoms with Gasteiger partial charge in [0.2, 0.25) is 23.6 Å². The molecule has 13 nitrogen and oxygen atoms in total. The van der Waals surface area contributed by atoms with Crippen molar-refractivity contribution < 1.29 is 46.7 Å². The van der Waals surface area contributed by atoms with Crippen LogP contribution in [0.1, 0.15) is 38.7 Å². The first-order valence-electron chi connectivity index (χ1n) is 12.2. The van der Waals surface area contributed by atoms with E-state index < -0.39 is 47.6 Å². The Kier molecular flexibility index (Phi) is 13.4. The molecule has 0 saturated heterocycles. The second kappa shape index (κ2) is 16.0. The maximum Gasteiger partial charge on any atom is 0.490 e. The number of benzene rings is 1. The van der Waals surface area contributed by atoms with Gasteiger partial charge in [0.25, 0.3) is 0 Å². The van der Waals surface area contributed by atoms with Gasteiger partial charge in [-0.05, 0) is 57.4 Å². The molecule has 0 aliphatic heterocycles. The Morgan fingerprint density at radius 3 is 2.24 bits per heavy atom. The van der Waals surface area contributed by atoms with Crippen molar-refractivity contribution in [1.29, 1.82) is 0 Å². The molecule has 1 aromatic carbocycles. The number of unbranched alkanes of at least 4 members (excludes halogenated alkanes) is 1. The molecule has 41 heavy (non-hydrogen) atoms. The van der Waals surface area contributed by atoms with Gasteiger partial charge in [0.05, 0.1) is 6.54 Å². The minimum absolute atomic E-state index is 0.259. The van der Waals surface area contributed by atoms with E-state index in [1.807, 2.05) is 0 Å². The summed E-state index contributed by atoms with van der Waals surface area (Å²) >= 11 is 0. The van der Waals surface area contributed by atoms with Crippen molar-refractivity contribution in [2.75, 3.05) is 18.4 Å². The summed E-state index contributed by atoms with van der Waals surface area (Å²) in [6.07, 6.45) is -3.48. The zero-order valence-corrected chi connectivity index (χ0v) is 22.5. The van der Waals surface area contributed by atoms with E-state index >= 15 is 0 Å². The van der Waals surface area contributed by atoms with Crippen LogP contribution in [0.5, 0.6) is 0 Å². The van der Waals surface area contributed by atoms with E-state index in [1.165, 1.54) is 19.9 Å². The predicted molar refractivity (Wildman–Crippen MR) is 141 cm³/mol. The minimum atomic E-state index is -5.08. The van der Waals surface area contributed by atoms with Crippen LogP contribution in [0.15, 0.2) is 33.5 Å². The Morgan fingerprint density at radius 2 is 1.68 bits per heavy atom. The fourth-order valence-corrected chi connectivity index (χ4v) is 3.25. The minimum Gasteiger partial charge on any atom is -0.475 e. The quantitative estimate of drug-likeness (QED) is 0.163. The topological polar surface area (TPSA) is 210 Å². The fraction of sp³-hybridized carbons (Fsp3) is 0.440. The van der Waals surface area contributed by atoms with Crippen molar-refractivity contribution in [3.05, 3.63) is 40.2 Å². The summed E-state index contributed by atoms with van der Waals surface area (Å²) in [5.74, 6) is -4.67. The molecule has 0 fully saturated rings. The number of alkyl halides is 3. The van der Waals surface area contributed by atoms with Gasteiger partial charge in [-0.25, -0.2) is 9.59 Å². The standard InChI is InChI=1S/C23H31N5O6.C2HF3O2/c1-13-10-21(31)34-19-11-16(7-8-17(13)19)27-23(33)18(6-4-5-9-24)28-22(32)14(2)26-20(30)12-25-15(3)29;3-2(4,5)1(6)7/h7-8,10-11,14,18H,4-6,9,12,24H2,1-3H3,(H,25,29)(H,26,30)(H,27,33)(H,28,32);(H,6,7). The van der Waals surface area contributed by atoms with Crippen molar-refractivity contribution in [2.45, 2.75) is 58.3 Å². The molecule has 0 saturated carbocycles. The molecular formula is C25H32F3N5O8. The van der Waals surface area contributed by atoms with Crippen LogP contribution in [0.25, 0.3) is 11.0 Å². The molecule has 1 aromatic heterocycles. The van der Waals surface area contributed by atoms with E-state index in [0.29, 0.717) is 37.1 Å². The Labute approximate surface area is 232 Å². The summed E-state index contributed by atoms with van der Waals surface area (Å²) in [4.78, 5) is 68.9. The Morgan fingerprint density at radius 1 is 1.05 bits per heavy atom. The highest BCUT2D eigenvalue weighted by molar-refractivity contribution is 5.99. The summed E-state index contributed by atoms with van der Waals surface area (Å²) in [7, 11) is 0. The molecule has 2 atom stereocenters. The normalized spacial score (nSPS) is 12.3. The third-order valence-electron chi connectivity index (χ3n) is 5.31. The molecule has 0 radical (unpaired) electrons. The average molecular weight is 588 g/mol. The molecule has 7 N–H and O–H groups in total. The lowest BCUT2D eigenvalue weighted by atomic mass is 10.1. The SMILES string of the molecule is CC(=O)NCC(=O)NC(C)C(=O)NC(CCCCN)C(=O)Nc1ccc2c(C)cc(=O)oc2c1.O=C(O)C(F)(F)F. The van der Waals surface area contributed by atoms with Crippen LogP contribution in [0.3, 0.4) is 0 Å². The number of hydrogen-bond donors (Lipinski definition) is 6. The number of aryl methyl sites for hydroxylation is 1. The smallest absolute Gasteiger partial charge is 0.475 e. The van der Waals surface area contributed by atoms with Crippen LogP contribution in [-0.4, -0.2) is 66.1 Å². The molecule has 0 spiro atoms. The van der Waals surface area contributed by atoms with Gasteiger partial charge in [-0.2, -0.15) is 13.2 Å². The van der Waals surface area contributed by atoms with Crippen LogP contribution < -0.4 is 32.6 Å². The molecular weight excluding hydrogens is 555 g/mol. The lowest BCUT2D eigenvalue weighted by Crippen LogP contribution is -2.52. The van der Waals surface area contributed by atoms with E-state index in [4.69, 9.17) is 20.1 Å². The zero-order valence-electron chi connectivity index (χ0n) is 22.5. The third-order valence-corrected chi connectivity index (χ3v) is 5.31. The van der Waals surface area contributed by atoms with Gasteiger partial charge < -0.3 is 36.5 Å². The van der Waals surface area contributed by atoms with Gasteiger partial charge in [-0.15, -0.1) is 0 Å². The first-order valence-corrected chi connectivity index (χ1v) is 12.2. The molecule has 16 heteroatoms. The average Bonchev–Trinajstić information content (AvgIpc) is 2.86. The molecule has 1 heterocycles. The second-order valence-corrected chi connectivity index (χ2v) is 8.80. The van der Waals surface area contributed by atoms with Crippen LogP contribution in [0.4, 0.5) is 18.9 Å². The van der Waals surface area contributed by atoms with E-state index in [1.54, 1.807) is 25.1 Å². The summed E-state index contributed by atoms with van der Waals surface area (Å²) in [6, 6.07) is 4.54. The van der Waals surface area contributed by atoms with Gasteiger partial charge in [0.15, 0.2) is 0 Å². The number of rotatable bonds is 11. The van der Waals surface area contributed by atoms with E-state index in [9.17, 15) is 37.1 Å². The number of carbonyl (C=O) groups is 5. The summed E-state index contributed by atoms with van der Waals surface area (Å²) in [6.45, 7) is 4.73. The zero-order chi connectivity index (χ0) is 31.3. The van der Waals surface area contributed by atoms with Crippen molar-refractivity contribution in [3.63, 3.8) is 0 Å². The van der Waals surface area contributed by atoms with Gasteiger partial charge in [0, 0.05) is 30.1 Å². The van der Waals surface area contributed by atoms with Crippen LogP contribution >= 0.6 is 0 Å². The number of anilines is 1. The van der Waals surface area contributed by atoms with E-state index in [0.717, 1.165) is 10.9 Å². The summed E-state index contributed by atoms with van der Waals surface area (Å²) in [5.41, 5.74) is 6.55. The molecule has 2 aromatic rings. The number of hydrogen-bond acceptors (Lipinski definition) is 8. The number of carboxylic acids is 1. The van der Waals surface area contributed by atoms with Crippen molar-refractivity contribution in [3.8, 4) is 0 Å². The summed E-state index contributed by atoms with van der Waals surface area (Å²) in [5, 5.41) is 18.1. The second-order valence-electron chi connectivity index (χ2n) is 8.80. The van der Waals surface area contributed by atoms with Crippen molar-refractivity contribution in [2.24, 2.45) is 5.73 Å². The third kappa shape index (κ3) is 12.5. The maximum absolute atomic E-state index is 13.0. The molecule has 226 valence electrons. The Balaban J connectivity index is 0.00000106. The lowest BCUT2D eigenvalue weighted by molar-refractivity contribution is -0.192. The molecule has 0 aliphatic rings. The number of halogens is 3. The first kappa shape index (κ1) is 34.6. The Hall–Kier alpha value is -4.47. The number of aliphatic carboxylic acids is 1.